The second-order valence-corrected chi connectivity index (χ2v) is 8.55. The van der Waals surface area contributed by atoms with Gasteiger partial charge in [0.05, 0.1) is 6.42 Å². The Kier molecular flexibility index (Phi) is 6.38. The van der Waals surface area contributed by atoms with Gasteiger partial charge < -0.3 is 5.32 Å². The first-order valence-corrected chi connectivity index (χ1v) is 11.4. The summed E-state index contributed by atoms with van der Waals surface area (Å²) in [7, 11) is 0. The van der Waals surface area contributed by atoms with Crippen molar-refractivity contribution in [3.05, 3.63) is 106 Å². The van der Waals surface area contributed by atoms with Gasteiger partial charge in [0.15, 0.2) is 0 Å². The zero-order valence-corrected chi connectivity index (χ0v) is 18.4. The molecule has 0 aromatic heterocycles. The van der Waals surface area contributed by atoms with Crippen LogP contribution in [0.25, 0.3) is 17.2 Å². The Balaban J connectivity index is 1.53. The van der Waals surface area contributed by atoms with Crippen molar-refractivity contribution >= 4 is 34.9 Å². The van der Waals surface area contributed by atoms with Gasteiger partial charge in [0.25, 0.3) is 0 Å². The fraction of sp³-hybridized carbons (Fsp3) is 0.148. The molecule has 1 amide bonds. The summed E-state index contributed by atoms with van der Waals surface area (Å²) in [4.78, 5) is 13.8. The van der Waals surface area contributed by atoms with Gasteiger partial charge in [-0.3, -0.25) is 4.79 Å². The van der Waals surface area contributed by atoms with Crippen LogP contribution >= 0.6 is 11.8 Å². The average Bonchev–Trinajstić information content (AvgIpc) is 3.10. The number of thioether (sulfide) groups is 1. The molecular weight excluding hydrogens is 405 g/mol. The van der Waals surface area contributed by atoms with Crippen LogP contribution in [0.15, 0.2) is 77.7 Å². The van der Waals surface area contributed by atoms with Gasteiger partial charge in [-0.1, -0.05) is 48.0 Å². The van der Waals surface area contributed by atoms with Crippen LogP contribution in [0, 0.1) is 12.7 Å². The summed E-state index contributed by atoms with van der Waals surface area (Å²) < 4.78 is 14.0. The third-order valence-corrected chi connectivity index (χ3v) is 6.11. The van der Waals surface area contributed by atoms with Crippen molar-refractivity contribution < 1.29 is 9.18 Å². The van der Waals surface area contributed by atoms with Crippen molar-refractivity contribution in [1.82, 2.24) is 5.32 Å². The summed E-state index contributed by atoms with van der Waals surface area (Å²) in [6.07, 6.45) is 6.34. The Morgan fingerprint density at radius 3 is 2.45 bits per heavy atom. The maximum absolute atomic E-state index is 14.0. The van der Waals surface area contributed by atoms with Gasteiger partial charge in [-0.2, -0.15) is 0 Å². The number of carbonyl (C=O) groups is 1. The predicted octanol–water partition coefficient (Wildman–Crippen LogP) is 6.50. The summed E-state index contributed by atoms with van der Waals surface area (Å²) in [5.74, 6) is -0.372. The topological polar surface area (TPSA) is 29.1 Å². The molecule has 4 rings (SSSR count). The number of allylic oxidation sites excluding steroid dienone is 2. The van der Waals surface area contributed by atoms with Gasteiger partial charge >= 0.3 is 0 Å². The standard InChI is InChI=1S/C27H24FNOS/c1-18-3-5-20(6-4-18)17-29-27(30)15-22-14-21(25-12-9-23(28)16-26(22)25)13-19-7-10-24(31-2)11-8-19/h3-14,16H,15,17H2,1-2H3,(H,29,30)/b21-13+. The van der Waals surface area contributed by atoms with Gasteiger partial charge in [-0.15, -0.1) is 11.8 Å². The van der Waals surface area contributed by atoms with E-state index in [1.165, 1.54) is 22.6 Å². The summed E-state index contributed by atoms with van der Waals surface area (Å²) in [5.41, 5.74) is 6.89. The van der Waals surface area contributed by atoms with Gasteiger partial charge in [-0.25, -0.2) is 4.39 Å². The number of benzene rings is 3. The normalized spacial score (nSPS) is 13.8. The SMILES string of the molecule is CSc1ccc(/C=C2\C=C(CC(=O)NCc3ccc(C)cc3)c3cc(F)ccc32)cc1. The molecule has 4 heteroatoms. The van der Waals surface area contributed by atoms with Crippen molar-refractivity contribution in [3.63, 3.8) is 0 Å². The van der Waals surface area contributed by atoms with Gasteiger partial charge in [0.2, 0.25) is 5.91 Å². The zero-order chi connectivity index (χ0) is 21.8. The molecule has 0 aliphatic heterocycles. The highest BCUT2D eigenvalue weighted by atomic mass is 32.2. The van der Waals surface area contributed by atoms with Crippen LogP contribution < -0.4 is 5.32 Å². The van der Waals surface area contributed by atoms with Crippen LogP contribution in [0.5, 0.6) is 0 Å². The molecule has 0 unspecified atom stereocenters. The monoisotopic (exact) mass is 429 g/mol. The van der Waals surface area contributed by atoms with Crippen molar-refractivity contribution in [2.75, 3.05) is 6.26 Å². The lowest BCUT2D eigenvalue weighted by Crippen LogP contribution is -2.22. The Hall–Kier alpha value is -3.11. The number of hydrogen-bond acceptors (Lipinski definition) is 2. The van der Waals surface area contributed by atoms with Crippen LogP contribution in [-0.4, -0.2) is 12.2 Å². The van der Waals surface area contributed by atoms with E-state index in [1.54, 1.807) is 17.8 Å². The molecule has 0 spiro atoms. The molecule has 0 bridgehead atoms. The third kappa shape index (κ3) is 5.15. The summed E-state index contributed by atoms with van der Waals surface area (Å²) in [5, 5.41) is 2.97. The summed E-state index contributed by atoms with van der Waals surface area (Å²) in [6.45, 7) is 2.51. The second-order valence-electron chi connectivity index (χ2n) is 7.67. The minimum atomic E-state index is -0.296. The second kappa shape index (κ2) is 9.36. The van der Waals surface area contributed by atoms with Crippen LogP contribution in [0.4, 0.5) is 4.39 Å². The quantitative estimate of drug-likeness (QED) is 0.453. The molecule has 2 nitrogen and oxygen atoms in total. The molecule has 0 radical (unpaired) electrons. The number of halogens is 1. The molecule has 0 saturated carbocycles. The molecule has 0 fully saturated rings. The van der Waals surface area contributed by atoms with E-state index >= 15 is 0 Å². The first-order chi connectivity index (χ1) is 15.0. The van der Waals surface area contributed by atoms with Crippen LogP contribution in [0.3, 0.4) is 0 Å². The largest absolute Gasteiger partial charge is 0.352 e. The molecule has 1 aliphatic carbocycles. The van der Waals surface area contributed by atoms with Crippen molar-refractivity contribution in [1.29, 1.82) is 0 Å². The van der Waals surface area contributed by atoms with E-state index in [0.29, 0.717) is 6.54 Å². The number of carbonyl (C=O) groups excluding carboxylic acids is 1. The molecule has 31 heavy (non-hydrogen) atoms. The maximum atomic E-state index is 14.0. The molecule has 1 aliphatic rings. The number of aryl methyl sites for hydroxylation is 1. The number of fused-ring (bicyclic) bond motifs is 1. The highest BCUT2D eigenvalue weighted by Crippen LogP contribution is 2.38. The fourth-order valence-electron chi connectivity index (χ4n) is 3.66. The maximum Gasteiger partial charge on any atom is 0.224 e. The number of amides is 1. The Bertz CT molecular complexity index is 1160. The van der Waals surface area contributed by atoms with E-state index in [9.17, 15) is 9.18 Å². The highest BCUT2D eigenvalue weighted by molar-refractivity contribution is 7.98. The molecular formula is C27H24FNOS. The lowest BCUT2D eigenvalue weighted by atomic mass is 10.0. The van der Waals surface area contributed by atoms with E-state index in [4.69, 9.17) is 0 Å². The van der Waals surface area contributed by atoms with E-state index in [2.05, 4.69) is 35.7 Å². The smallest absolute Gasteiger partial charge is 0.224 e. The Labute approximate surface area is 186 Å². The number of rotatable bonds is 6. The Morgan fingerprint density at radius 2 is 1.74 bits per heavy atom. The summed E-state index contributed by atoms with van der Waals surface area (Å²) in [6, 6.07) is 21.2. The summed E-state index contributed by atoms with van der Waals surface area (Å²) >= 11 is 1.70. The third-order valence-electron chi connectivity index (χ3n) is 5.37. The predicted molar refractivity (Wildman–Crippen MR) is 128 cm³/mol. The van der Waals surface area contributed by atoms with Crippen molar-refractivity contribution in [2.45, 2.75) is 24.8 Å². The number of nitrogens with one attached hydrogen (secondary N) is 1. The number of hydrogen-bond donors (Lipinski definition) is 1. The molecule has 3 aromatic carbocycles. The van der Waals surface area contributed by atoms with E-state index < -0.39 is 0 Å². The van der Waals surface area contributed by atoms with Gasteiger partial charge in [0.1, 0.15) is 5.82 Å². The molecule has 3 aromatic rings. The fourth-order valence-corrected chi connectivity index (χ4v) is 4.07. The van der Waals surface area contributed by atoms with Crippen LogP contribution in [0.2, 0.25) is 0 Å². The lowest BCUT2D eigenvalue weighted by Gasteiger charge is -2.08. The minimum Gasteiger partial charge on any atom is -0.352 e. The minimum absolute atomic E-state index is 0.0763. The van der Waals surface area contributed by atoms with E-state index in [1.807, 2.05) is 43.5 Å². The van der Waals surface area contributed by atoms with Crippen molar-refractivity contribution in [2.24, 2.45) is 0 Å². The van der Waals surface area contributed by atoms with E-state index in [0.717, 1.165) is 33.4 Å². The molecule has 156 valence electrons. The van der Waals surface area contributed by atoms with Gasteiger partial charge in [-0.05, 0) is 83.0 Å². The Morgan fingerprint density at radius 1 is 1.00 bits per heavy atom. The zero-order valence-electron chi connectivity index (χ0n) is 17.6. The molecule has 1 N–H and O–H groups in total. The first-order valence-electron chi connectivity index (χ1n) is 10.2. The van der Waals surface area contributed by atoms with E-state index in [-0.39, 0.29) is 18.1 Å². The average molecular weight is 430 g/mol. The van der Waals surface area contributed by atoms with Gasteiger partial charge in [0, 0.05) is 11.4 Å². The lowest BCUT2D eigenvalue weighted by molar-refractivity contribution is -0.120. The molecule has 0 saturated heterocycles. The highest BCUT2D eigenvalue weighted by Gasteiger charge is 2.21. The van der Waals surface area contributed by atoms with Crippen LogP contribution in [-0.2, 0) is 11.3 Å². The first kappa shape index (κ1) is 21.1. The van der Waals surface area contributed by atoms with Crippen LogP contribution in [0.1, 0.15) is 34.2 Å². The van der Waals surface area contributed by atoms with Crippen molar-refractivity contribution in [3.8, 4) is 0 Å². The molecule has 0 atom stereocenters. The molecule has 0 heterocycles.